The number of carbonyl (C=O) groups is 1. The molecular formula is C28H32ClN3O3. The maximum Gasteiger partial charge on any atom is 0.322 e. The van der Waals surface area contributed by atoms with E-state index < -0.39 is 0 Å². The second-order valence-electron chi connectivity index (χ2n) is 8.97. The third kappa shape index (κ3) is 5.24. The van der Waals surface area contributed by atoms with Crippen LogP contribution in [0, 0.1) is 0 Å². The Morgan fingerprint density at radius 1 is 0.886 bits per heavy atom. The van der Waals surface area contributed by atoms with Crippen LogP contribution in [0.4, 0.5) is 10.5 Å². The van der Waals surface area contributed by atoms with Crippen molar-refractivity contribution in [2.75, 3.05) is 32.6 Å². The van der Waals surface area contributed by atoms with Crippen LogP contribution in [0.15, 0.2) is 72.8 Å². The van der Waals surface area contributed by atoms with Crippen LogP contribution in [-0.2, 0) is 6.54 Å². The Balaban J connectivity index is 0.00000289. The van der Waals surface area contributed by atoms with E-state index in [1.807, 2.05) is 36.4 Å². The molecule has 1 unspecified atom stereocenters. The van der Waals surface area contributed by atoms with Gasteiger partial charge in [-0.05, 0) is 42.2 Å². The molecule has 2 amide bonds. The number of nitrogens with zero attached hydrogens (tertiary/aromatic N) is 2. The third-order valence-corrected chi connectivity index (χ3v) is 6.89. The number of carbonyl (C=O) groups excluding carboxylic acids is 1. The summed E-state index contributed by atoms with van der Waals surface area (Å²) in [6.07, 6.45) is 1.86. The standard InChI is InChI=1S/C28H31N3O3.ClH/c1-33-23-16-20(17-24(18-23)34-2)19-30-14-12-22(13-15-30)31-27(21-8-4-3-5-9-21)25-10-6-7-11-26(25)29-28(31)32;/h3-11,16-18,22,27H,12-15,19H2,1-2H3,(H,29,32);1H. The Morgan fingerprint density at radius 2 is 1.51 bits per heavy atom. The Morgan fingerprint density at radius 3 is 2.17 bits per heavy atom. The molecular weight excluding hydrogens is 462 g/mol. The van der Waals surface area contributed by atoms with Gasteiger partial charge in [0.2, 0.25) is 0 Å². The normalized spacial score (nSPS) is 18.3. The molecule has 0 aliphatic carbocycles. The fraction of sp³-hybridized carbons (Fsp3) is 0.321. The van der Waals surface area contributed by atoms with E-state index in [1.54, 1.807) is 14.2 Å². The van der Waals surface area contributed by atoms with Gasteiger partial charge in [0.05, 0.1) is 20.3 Å². The Labute approximate surface area is 213 Å². The van der Waals surface area contributed by atoms with E-state index in [0.717, 1.165) is 60.8 Å². The molecule has 35 heavy (non-hydrogen) atoms. The summed E-state index contributed by atoms with van der Waals surface area (Å²) in [6, 6.07) is 24.6. The average molecular weight is 494 g/mol. The van der Waals surface area contributed by atoms with Crippen LogP contribution in [0.25, 0.3) is 0 Å². The number of hydrogen-bond acceptors (Lipinski definition) is 4. The summed E-state index contributed by atoms with van der Waals surface area (Å²) in [5.41, 5.74) is 4.37. The van der Waals surface area contributed by atoms with E-state index in [0.29, 0.717) is 0 Å². The van der Waals surface area contributed by atoms with Gasteiger partial charge in [-0.25, -0.2) is 4.79 Å². The van der Waals surface area contributed by atoms with Gasteiger partial charge in [-0.2, -0.15) is 0 Å². The van der Waals surface area contributed by atoms with Crippen molar-refractivity contribution in [1.82, 2.24) is 9.80 Å². The molecule has 3 aromatic carbocycles. The van der Waals surface area contributed by atoms with Gasteiger partial charge < -0.3 is 19.7 Å². The number of halogens is 1. The lowest BCUT2D eigenvalue weighted by atomic mass is 9.90. The molecule has 7 heteroatoms. The molecule has 6 nitrogen and oxygen atoms in total. The van der Waals surface area contributed by atoms with Crippen LogP contribution in [0.2, 0.25) is 0 Å². The van der Waals surface area contributed by atoms with Crippen LogP contribution in [0.1, 0.15) is 35.6 Å². The zero-order valence-corrected chi connectivity index (χ0v) is 21.0. The van der Waals surface area contributed by atoms with E-state index in [4.69, 9.17) is 9.47 Å². The van der Waals surface area contributed by atoms with Crippen molar-refractivity contribution in [2.45, 2.75) is 31.5 Å². The summed E-state index contributed by atoms with van der Waals surface area (Å²) < 4.78 is 10.9. The molecule has 0 saturated carbocycles. The zero-order chi connectivity index (χ0) is 23.5. The molecule has 2 heterocycles. The first-order valence-corrected chi connectivity index (χ1v) is 11.8. The molecule has 3 aromatic rings. The van der Waals surface area contributed by atoms with Gasteiger partial charge in [0, 0.05) is 43.0 Å². The highest BCUT2D eigenvalue weighted by atomic mass is 35.5. The molecule has 0 bridgehead atoms. The SMILES string of the molecule is COc1cc(CN2CCC(N3C(=O)Nc4ccccc4C3c3ccccc3)CC2)cc(OC)c1.Cl. The summed E-state index contributed by atoms with van der Waals surface area (Å²) >= 11 is 0. The van der Waals surface area contributed by atoms with E-state index in [9.17, 15) is 4.79 Å². The summed E-state index contributed by atoms with van der Waals surface area (Å²) in [5.74, 6) is 1.61. The number of hydrogen-bond donors (Lipinski definition) is 1. The first kappa shape index (κ1) is 24.9. The van der Waals surface area contributed by atoms with Crippen LogP contribution in [-0.4, -0.2) is 49.2 Å². The Hall–Kier alpha value is -3.22. The third-order valence-electron chi connectivity index (χ3n) is 6.89. The fourth-order valence-electron chi connectivity index (χ4n) is 5.22. The quantitative estimate of drug-likeness (QED) is 0.476. The number of rotatable bonds is 6. The predicted octanol–water partition coefficient (Wildman–Crippen LogP) is 5.73. The number of likely N-dealkylation sites (tertiary alicyclic amines) is 1. The lowest BCUT2D eigenvalue weighted by Crippen LogP contribution is -2.52. The van der Waals surface area contributed by atoms with Gasteiger partial charge in [-0.1, -0.05) is 48.5 Å². The summed E-state index contributed by atoms with van der Waals surface area (Å²) in [5, 5.41) is 3.13. The van der Waals surface area contributed by atoms with Crippen molar-refractivity contribution in [3.8, 4) is 11.5 Å². The van der Waals surface area contributed by atoms with Crippen molar-refractivity contribution in [1.29, 1.82) is 0 Å². The molecule has 0 radical (unpaired) electrons. The van der Waals surface area contributed by atoms with Crippen molar-refractivity contribution in [3.63, 3.8) is 0 Å². The number of amides is 2. The minimum Gasteiger partial charge on any atom is -0.497 e. The topological polar surface area (TPSA) is 54.0 Å². The number of ether oxygens (including phenoxy) is 2. The Kier molecular flexibility index (Phi) is 7.83. The zero-order valence-electron chi connectivity index (χ0n) is 20.1. The minimum absolute atomic E-state index is 0. The monoisotopic (exact) mass is 493 g/mol. The van der Waals surface area contributed by atoms with E-state index in [2.05, 4.69) is 51.5 Å². The largest absolute Gasteiger partial charge is 0.497 e. The lowest BCUT2D eigenvalue weighted by molar-refractivity contribution is 0.105. The van der Waals surface area contributed by atoms with Gasteiger partial charge in [-0.15, -0.1) is 12.4 Å². The molecule has 1 N–H and O–H groups in total. The number of benzene rings is 3. The number of fused-ring (bicyclic) bond motifs is 1. The second kappa shape index (κ2) is 11.0. The fourth-order valence-corrected chi connectivity index (χ4v) is 5.22. The second-order valence-corrected chi connectivity index (χ2v) is 8.97. The van der Waals surface area contributed by atoms with Crippen molar-refractivity contribution in [3.05, 3.63) is 89.5 Å². The molecule has 184 valence electrons. The lowest BCUT2D eigenvalue weighted by Gasteiger charge is -2.45. The number of urea groups is 1. The number of methoxy groups -OCH3 is 2. The summed E-state index contributed by atoms with van der Waals surface area (Å²) in [7, 11) is 3.35. The molecule has 0 aromatic heterocycles. The Bertz CT molecular complexity index is 1130. The molecule has 1 atom stereocenters. The first-order chi connectivity index (χ1) is 16.7. The number of nitrogens with one attached hydrogen (secondary N) is 1. The summed E-state index contributed by atoms with van der Waals surface area (Å²) in [4.78, 5) is 17.8. The van der Waals surface area contributed by atoms with E-state index in [-0.39, 0.29) is 30.5 Å². The van der Waals surface area contributed by atoms with E-state index >= 15 is 0 Å². The molecule has 1 fully saturated rings. The molecule has 0 spiro atoms. The molecule has 2 aliphatic heterocycles. The smallest absolute Gasteiger partial charge is 0.322 e. The van der Waals surface area contributed by atoms with Gasteiger partial charge >= 0.3 is 6.03 Å². The van der Waals surface area contributed by atoms with Crippen molar-refractivity contribution < 1.29 is 14.3 Å². The van der Waals surface area contributed by atoms with Gasteiger partial charge in [0.25, 0.3) is 0 Å². The van der Waals surface area contributed by atoms with Crippen LogP contribution in [0.3, 0.4) is 0 Å². The maximum absolute atomic E-state index is 13.3. The predicted molar refractivity (Wildman–Crippen MR) is 141 cm³/mol. The van der Waals surface area contributed by atoms with Gasteiger partial charge in [-0.3, -0.25) is 4.90 Å². The highest BCUT2D eigenvalue weighted by molar-refractivity contribution is 5.93. The van der Waals surface area contributed by atoms with Crippen molar-refractivity contribution in [2.24, 2.45) is 0 Å². The maximum atomic E-state index is 13.3. The highest BCUT2D eigenvalue weighted by Gasteiger charge is 2.39. The molecule has 1 saturated heterocycles. The van der Waals surface area contributed by atoms with E-state index in [1.165, 1.54) is 5.56 Å². The van der Waals surface area contributed by atoms with Gasteiger partial charge in [0.1, 0.15) is 11.5 Å². The molecule has 2 aliphatic rings. The number of anilines is 1. The highest BCUT2D eigenvalue weighted by Crippen LogP contribution is 2.40. The van der Waals surface area contributed by atoms with Crippen LogP contribution in [0.5, 0.6) is 11.5 Å². The number of piperidine rings is 1. The first-order valence-electron chi connectivity index (χ1n) is 11.8. The number of para-hydroxylation sites is 1. The van der Waals surface area contributed by atoms with Crippen molar-refractivity contribution >= 4 is 24.1 Å². The van der Waals surface area contributed by atoms with Gasteiger partial charge in [0.15, 0.2) is 0 Å². The average Bonchev–Trinajstić information content (AvgIpc) is 2.88. The minimum atomic E-state index is -0.0784. The van der Waals surface area contributed by atoms with Crippen LogP contribution < -0.4 is 14.8 Å². The summed E-state index contributed by atoms with van der Waals surface area (Å²) in [6.45, 7) is 2.69. The molecule has 5 rings (SSSR count). The van der Waals surface area contributed by atoms with Crippen LogP contribution >= 0.6 is 12.4 Å².